The number of ether oxygens (including phenoxy) is 6. The summed E-state index contributed by atoms with van der Waals surface area (Å²) in [6.45, 7) is 62.1. The highest BCUT2D eigenvalue weighted by atomic mass is 16.6. The number of carbonyl (C=O) groups is 6. The van der Waals surface area contributed by atoms with E-state index < -0.39 is 0 Å². The van der Waals surface area contributed by atoms with E-state index in [1.54, 1.807) is 0 Å². The first kappa shape index (κ1) is 135. The Morgan fingerprint density at radius 3 is 0.683 bits per heavy atom. The summed E-state index contributed by atoms with van der Waals surface area (Å²) in [6, 6.07) is 0. The summed E-state index contributed by atoms with van der Waals surface area (Å²) in [5, 5.41) is 0. The van der Waals surface area contributed by atoms with Crippen molar-refractivity contribution in [3.63, 3.8) is 0 Å². The van der Waals surface area contributed by atoms with Crippen molar-refractivity contribution in [1.82, 2.24) is 0 Å². The molecule has 0 heterocycles. The van der Waals surface area contributed by atoms with Gasteiger partial charge in [-0.2, -0.15) is 0 Å². The minimum absolute atomic E-state index is 0. The fourth-order valence-electron chi connectivity index (χ4n) is 17.3. The lowest BCUT2D eigenvalue weighted by Crippen LogP contribution is -2.68. The standard InChI is InChI=1S/C19H36O2.C17H30O2.C17H32O2.C15H28O2.C14H24O2.C14H26O2.C2H6.10CH4/c1-5-18(2,3)17(20)21-19(4)15-13-11-9-7-6-8-10-12-14-16-19;1-8-14(2,3)13(18)19-17(7)15(4,5)12-9-10-16(17,6)11-12;1-5-16(2,3)15(18)19-17(4)13-11-9-7-6-8-10-12-14-17;1-5-14(3,4)13(16)17-15(6-2)11-9-7-8-10-12-15;1-6-12(2,3)11(15)16-14(5)9-10-7-8-13(10,14)4;1-5-13(2,3)12(15)16-14(4)10-8-6-7-9-11-14;1-2;;;;;;;;;;/h5-16H2,1-4H3;12H,8-11H2,1-7H3;5-14H2,1-4H3;5-12H2,1-4H3;10H,6-9H2,1-5H3;5-11H2,1-4H3;1-2H3;10*1H4. The van der Waals surface area contributed by atoms with Crippen LogP contribution in [0.2, 0.25) is 0 Å². The maximum atomic E-state index is 12.5. The van der Waals surface area contributed by atoms with E-state index in [0.717, 1.165) is 109 Å². The summed E-state index contributed by atoms with van der Waals surface area (Å²) in [4.78, 5) is 73.6. The van der Waals surface area contributed by atoms with Crippen molar-refractivity contribution in [3.8, 4) is 0 Å². The molecule has 0 amide bonds. The average molecular weight is 1710 g/mol. The molecule has 0 N–H and O–H groups in total. The number of carbonyl (C=O) groups excluding carboxylic acids is 6. The highest BCUT2D eigenvalue weighted by molar-refractivity contribution is 5.79. The summed E-state index contributed by atoms with van der Waals surface area (Å²) >= 11 is 0. The normalized spacial score (nSPS) is 25.1. The SMILES string of the molecule is C.C.C.C.C.C.C.C.C.C.CC.CCC(C)(C)C(=O)OC1(C)C2(C)CCC(C2)C1(C)C.CCC(C)(C)C(=O)OC1(C)CC2CCC21C.CCC(C)(C)C(=O)OC1(C)CCCCCC1.CCC(C)(C)C(=O)OC1(C)CCCCCCCCC1.CCC(C)(C)C(=O)OC1(C)CCCCCCCCCCC1.CCC1(OC(=O)C(C)(C)CC)CCCCCC1. The molecule has 12 heteroatoms. The van der Waals surface area contributed by atoms with Gasteiger partial charge in [-0.25, -0.2) is 0 Å². The average Bonchev–Trinajstić information content (AvgIpc) is 1.20. The van der Waals surface area contributed by atoms with Crippen LogP contribution in [-0.4, -0.2) is 69.4 Å². The molecule has 8 aliphatic rings. The van der Waals surface area contributed by atoms with Gasteiger partial charge in [-0.15, -0.1) is 0 Å². The molecule has 12 nitrogen and oxygen atoms in total. The van der Waals surface area contributed by atoms with Crippen molar-refractivity contribution in [2.45, 2.75) is 605 Å². The van der Waals surface area contributed by atoms with Crippen LogP contribution in [0, 0.1) is 60.6 Å². The summed E-state index contributed by atoms with van der Waals surface area (Å²) in [5.74, 6) is 1.37. The Balaban J connectivity index is -0.000000173. The zero-order valence-corrected chi connectivity index (χ0v) is 78.4. The molecule has 0 spiro atoms. The van der Waals surface area contributed by atoms with E-state index in [1.165, 1.54) is 186 Å². The number of esters is 6. The van der Waals surface area contributed by atoms with Crippen molar-refractivity contribution in [1.29, 1.82) is 0 Å². The molecular weight excluding hydrogens is 1490 g/mol. The van der Waals surface area contributed by atoms with Gasteiger partial charge >= 0.3 is 35.8 Å². The first-order valence-corrected chi connectivity index (χ1v) is 46.3. The van der Waals surface area contributed by atoms with Gasteiger partial charge in [-0.05, 0) is 316 Å². The minimum atomic E-state index is -0.378. The third-order valence-electron chi connectivity index (χ3n) is 30.6. The van der Waals surface area contributed by atoms with Crippen molar-refractivity contribution >= 4 is 35.8 Å². The molecule has 0 aromatic heterocycles. The Kier molecular flexibility index (Phi) is 65.5. The van der Waals surface area contributed by atoms with E-state index >= 15 is 0 Å². The van der Waals surface area contributed by atoms with Crippen LogP contribution in [0.5, 0.6) is 0 Å². The van der Waals surface area contributed by atoms with Crippen LogP contribution in [-0.2, 0) is 57.2 Å². The molecule has 8 fully saturated rings. The van der Waals surface area contributed by atoms with Gasteiger partial charge < -0.3 is 28.4 Å². The summed E-state index contributed by atoms with van der Waals surface area (Å²) in [6.07, 6.45) is 52.2. The first-order chi connectivity index (χ1) is 50.9. The third kappa shape index (κ3) is 38.4. The second kappa shape index (κ2) is 58.3. The molecule has 0 radical (unpaired) electrons. The number of hydrogen-bond acceptors (Lipinski definition) is 12. The number of hydrogen-bond donors (Lipinski definition) is 0. The summed E-state index contributed by atoms with van der Waals surface area (Å²) in [7, 11) is 0. The number of rotatable bonds is 19. The highest BCUT2D eigenvalue weighted by Crippen LogP contribution is 2.70. The monoisotopic (exact) mass is 1710 g/mol. The molecule has 8 aliphatic carbocycles. The van der Waals surface area contributed by atoms with Gasteiger partial charge in [0.1, 0.15) is 33.6 Å². The highest BCUT2D eigenvalue weighted by Gasteiger charge is 2.70. The van der Waals surface area contributed by atoms with Gasteiger partial charge in [0.15, 0.2) is 0 Å². The fourth-order valence-corrected chi connectivity index (χ4v) is 17.3. The lowest BCUT2D eigenvalue weighted by molar-refractivity contribution is -0.265. The molecule has 8 rings (SSSR count). The predicted octanol–water partition coefficient (Wildman–Crippen LogP) is 35.3. The lowest BCUT2D eigenvalue weighted by atomic mass is 9.41. The summed E-state index contributed by atoms with van der Waals surface area (Å²) < 4.78 is 35.6. The van der Waals surface area contributed by atoms with Crippen molar-refractivity contribution in [2.24, 2.45) is 60.6 Å². The largest absolute Gasteiger partial charge is 0.459 e. The van der Waals surface area contributed by atoms with Crippen molar-refractivity contribution in [2.75, 3.05) is 0 Å². The Labute approximate surface area is 753 Å². The van der Waals surface area contributed by atoms with Gasteiger partial charge in [0, 0.05) is 16.2 Å². The van der Waals surface area contributed by atoms with Crippen molar-refractivity contribution < 1.29 is 57.2 Å². The van der Waals surface area contributed by atoms with Gasteiger partial charge in [-0.1, -0.05) is 267 Å². The molecule has 726 valence electrons. The second-order valence-electron chi connectivity index (χ2n) is 42.0. The van der Waals surface area contributed by atoms with Crippen LogP contribution in [0.25, 0.3) is 0 Å². The Hall–Kier alpha value is -3.18. The van der Waals surface area contributed by atoms with Crippen molar-refractivity contribution in [3.05, 3.63) is 0 Å². The van der Waals surface area contributed by atoms with Crippen LogP contribution >= 0.6 is 0 Å². The van der Waals surface area contributed by atoms with E-state index in [1.807, 2.05) is 118 Å². The lowest BCUT2D eigenvalue weighted by Gasteiger charge is -2.67. The Bertz CT molecular complexity index is 2700. The van der Waals surface area contributed by atoms with Gasteiger partial charge in [0.2, 0.25) is 0 Å². The molecule has 0 aromatic carbocycles. The van der Waals surface area contributed by atoms with E-state index in [-0.39, 0.29) is 192 Å². The van der Waals surface area contributed by atoms with E-state index in [2.05, 4.69) is 90.0 Å². The molecular formula is C108H222O12. The third-order valence-corrected chi connectivity index (χ3v) is 30.6. The minimum Gasteiger partial charge on any atom is -0.459 e. The quantitative estimate of drug-likeness (QED) is 0.0686. The molecule has 2 bridgehead atoms. The number of fused-ring (bicyclic) bond motifs is 3. The molecule has 120 heavy (non-hydrogen) atoms. The Morgan fingerprint density at radius 1 is 0.267 bits per heavy atom. The van der Waals surface area contributed by atoms with Crippen LogP contribution < -0.4 is 0 Å². The summed E-state index contributed by atoms with van der Waals surface area (Å²) in [5.41, 5.74) is -2.97. The van der Waals surface area contributed by atoms with Crippen LogP contribution in [0.1, 0.15) is 571 Å². The van der Waals surface area contributed by atoms with Gasteiger partial charge in [0.05, 0.1) is 32.5 Å². The molecule has 6 atom stereocenters. The smallest absolute Gasteiger partial charge is 0.312 e. The first-order valence-electron chi connectivity index (χ1n) is 46.3. The maximum absolute atomic E-state index is 12.5. The fraction of sp³-hybridized carbons (Fsp3) is 0.944. The van der Waals surface area contributed by atoms with Crippen LogP contribution in [0.3, 0.4) is 0 Å². The zero-order chi connectivity index (χ0) is 84.2. The van der Waals surface area contributed by atoms with Gasteiger partial charge in [-0.3, -0.25) is 28.8 Å². The zero-order valence-electron chi connectivity index (χ0n) is 78.4. The molecule has 8 saturated carbocycles. The van der Waals surface area contributed by atoms with E-state index in [4.69, 9.17) is 28.4 Å². The second-order valence-corrected chi connectivity index (χ2v) is 42.0. The van der Waals surface area contributed by atoms with E-state index in [9.17, 15) is 28.8 Å². The molecule has 6 unspecified atom stereocenters. The topological polar surface area (TPSA) is 158 Å². The molecule has 0 aliphatic heterocycles. The van der Waals surface area contributed by atoms with Crippen LogP contribution in [0.15, 0.2) is 0 Å². The molecule has 0 aromatic rings. The predicted molar refractivity (Wildman–Crippen MR) is 527 cm³/mol. The van der Waals surface area contributed by atoms with Crippen LogP contribution in [0.4, 0.5) is 0 Å². The molecule has 0 saturated heterocycles. The Morgan fingerprint density at radius 2 is 0.483 bits per heavy atom. The van der Waals surface area contributed by atoms with Gasteiger partial charge in [0.25, 0.3) is 0 Å². The van der Waals surface area contributed by atoms with E-state index in [0.29, 0.717) is 5.92 Å². The maximum Gasteiger partial charge on any atom is 0.312 e.